The van der Waals surface area contributed by atoms with Gasteiger partial charge in [0, 0.05) is 6.04 Å². The molecule has 1 N–H and O–H groups in total. The molecule has 2 aromatic rings. The fourth-order valence-corrected chi connectivity index (χ4v) is 2.51. The first-order valence-corrected chi connectivity index (χ1v) is 10.3. The van der Waals surface area contributed by atoms with Crippen LogP contribution in [-0.4, -0.2) is 49.6 Å². The van der Waals surface area contributed by atoms with E-state index in [9.17, 15) is 8.42 Å². The maximum absolute atomic E-state index is 10.5. The van der Waals surface area contributed by atoms with E-state index in [0.717, 1.165) is 23.3 Å². The summed E-state index contributed by atoms with van der Waals surface area (Å²) >= 11 is 5.83. The Balaban J connectivity index is 0.000000289. The number of nitrogens with zero attached hydrogens (tertiary/aromatic N) is 2. The van der Waals surface area contributed by atoms with Gasteiger partial charge in [0.1, 0.15) is 10.9 Å². The molecule has 1 aromatic carbocycles. The lowest BCUT2D eigenvalue weighted by molar-refractivity contribution is 0.233. The summed E-state index contributed by atoms with van der Waals surface area (Å²) in [5, 5.41) is 0.536. The van der Waals surface area contributed by atoms with E-state index in [1.165, 1.54) is 12.1 Å². The van der Waals surface area contributed by atoms with Crippen LogP contribution in [0.2, 0.25) is 5.15 Å². The molecule has 0 aliphatic heterocycles. The van der Waals surface area contributed by atoms with Crippen LogP contribution in [0.1, 0.15) is 24.5 Å². The number of hydrogen-bond donors (Lipinski definition) is 1. The number of benzene rings is 1. The van der Waals surface area contributed by atoms with E-state index in [1.807, 2.05) is 19.9 Å². The molecule has 6 nitrogen and oxygen atoms in total. The van der Waals surface area contributed by atoms with Gasteiger partial charge in [-0.3, -0.25) is 4.55 Å². The molecule has 0 saturated heterocycles. The first kappa shape index (κ1) is 23.4. The van der Waals surface area contributed by atoms with Gasteiger partial charge in [-0.05, 0) is 65.0 Å². The Bertz CT molecular complexity index is 824. The van der Waals surface area contributed by atoms with E-state index in [1.54, 1.807) is 18.3 Å². The lowest BCUT2D eigenvalue weighted by Crippen LogP contribution is -2.26. The second-order valence-electron chi connectivity index (χ2n) is 6.52. The summed E-state index contributed by atoms with van der Waals surface area (Å²) in [5.41, 5.74) is 1.90. The second kappa shape index (κ2) is 10.6. The van der Waals surface area contributed by atoms with Crippen LogP contribution in [0.15, 0.2) is 41.4 Å². The second-order valence-corrected chi connectivity index (χ2v) is 8.30. The third-order valence-electron chi connectivity index (χ3n) is 3.99. The van der Waals surface area contributed by atoms with Crippen molar-refractivity contribution in [3.05, 3.63) is 52.8 Å². The highest BCUT2D eigenvalue weighted by Crippen LogP contribution is 2.18. The molecule has 0 fully saturated rings. The van der Waals surface area contributed by atoms with E-state index in [-0.39, 0.29) is 4.90 Å². The highest BCUT2D eigenvalue weighted by molar-refractivity contribution is 7.85. The summed E-state index contributed by atoms with van der Waals surface area (Å²) in [5.74, 6) is 0.785. The lowest BCUT2D eigenvalue weighted by Gasteiger charge is -2.19. The summed E-state index contributed by atoms with van der Waals surface area (Å²) < 4.78 is 35.2. The van der Waals surface area contributed by atoms with Crippen LogP contribution in [-0.2, 0) is 10.1 Å². The summed E-state index contributed by atoms with van der Waals surface area (Å²) in [4.78, 5) is 6.15. The number of pyridine rings is 1. The smallest absolute Gasteiger partial charge is 0.294 e. The molecule has 0 aliphatic carbocycles. The van der Waals surface area contributed by atoms with Crippen LogP contribution in [0.3, 0.4) is 0 Å². The van der Waals surface area contributed by atoms with Crippen molar-refractivity contribution in [1.29, 1.82) is 0 Å². The van der Waals surface area contributed by atoms with Crippen molar-refractivity contribution < 1.29 is 17.7 Å². The van der Waals surface area contributed by atoms with Gasteiger partial charge in [-0.25, -0.2) is 4.98 Å². The van der Waals surface area contributed by atoms with Crippen LogP contribution in [0.4, 0.5) is 0 Å². The molecular formula is C19H27ClN2O4S. The Hall–Kier alpha value is -1.67. The highest BCUT2D eigenvalue weighted by atomic mass is 35.5. The van der Waals surface area contributed by atoms with Gasteiger partial charge in [0.2, 0.25) is 0 Å². The molecule has 0 radical (unpaired) electrons. The van der Waals surface area contributed by atoms with Crippen molar-refractivity contribution in [2.75, 3.05) is 20.7 Å². The molecule has 2 rings (SSSR count). The molecule has 1 aromatic heterocycles. The van der Waals surface area contributed by atoms with Crippen molar-refractivity contribution >= 4 is 21.7 Å². The average molecular weight is 415 g/mol. The van der Waals surface area contributed by atoms with Crippen molar-refractivity contribution in [2.45, 2.75) is 38.1 Å². The Labute approximate surface area is 166 Å². The van der Waals surface area contributed by atoms with Crippen LogP contribution in [0, 0.1) is 13.8 Å². The van der Waals surface area contributed by atoms with Gasteiger partial charge in [-0.15, -0.1) is 0 Å². The standard InChI is InChI=1S/C12H19ClN2O.C7H8O3S/c1-9-7-11(8-14-12(9)13)16-6-5-10(2)15(3)4;1-6-2-4-7(5-3-6)11(8,9)10/h7-8,10H,5-6H2,1-4H3;2-5H,1H3,(H,8,9,10). The van der Waals surface area contributed by atoms with Crippen LogP contribution >= 0.6 is 11.6 Å². The Morgan fingerprint density at radius 2 is 1.81 bits per heavy atom. The van der Waals surface area contributed by atoms with Crippen molar-refractivity contribution in [3.8, 4) is 5.75 Å². The molecule has 0 amide bonds. The molecule has 0 spiro atoms. The number of rotatable bonds is 6. The predicted octanol–water partition coefficient (Wildman–Crippen LogP) is 4.00. The largest absolute Gasteiger partial charge is 0.492 e. The van der Waals surface area contributed by atoms with Gasteiger partial charge >= 0.3 is 0 Å². The van der Waals surface area contributed by atoms with Gasteiger partial charge in [-0.1, -0.05) is 29.3 Å². The number of halogens is 1. The fraction of sp³-hybridized carbons (Fsp3) is 0.421. The van der Waals surface area contributed by atoms with Gasteiger partial charge in [0.15, 0.2) is 0 Å². The molecule has 1 heterocycles. The Morgan fingerprint density at radius 1 is 1.22 bits per heavy atom. The Morgan fingerprint density at radius 3 is 2.30 bits per heavy atom. The molecule has 1 unspecified atom stereocenters. The SMILES string of the molecule is Cc1cc(OCCC(C)N(C)C)cnc1Cl.Cc1ccc(S(=O)(=O)O)cc1. The summed E-state index contributed by atoms with van der Waals surface area (Å²) in [6.45, 7) is 6.63. The number of aromatic nitrogens is 1. The minimum atomic E-state index is -4.02. The highest BCUT2D eigenvalue weighted by Gasteiger charge is 2.07. The molecule has 0 saturated carbocycles. The van der Waals surface area contributed by atoms with E-state index in [2.05, 4.69) is 30.9 Å². The molecule has 0 aliphatic rings. The zero-order chi connectivity index (χ0) is 20.6. The zero-order valence-corrected chi connectivity index (χ0v) is 17.9. The summed E-state index contributed by atoms with van der Waals surface area (Å²) in [6.07, 6.45) is 2.66. The molecular weight excluding hydrogens is 388 g/mol. The van der Waals surface area contributed by atoms with E-state index in [4.69, 9.17) is 20.9 Å². The van der Waals surface area contributed by atoms with Crippen molar-refractivity contribution in [3.63, 3.8) is 0 Å². The van der Waals surface area contributed by atoms with Crippen molar-refractivity contribution in [2.24, 2.45) is 0 Å². The van der Waals surface area contributed by atoms with Crippen molar-refractivity contribution in [1.82, 2.24) is 9.88 Å². The molecule has 0 bridgehead atoms. The van der Waals surface area contributed by atoms with E-state index < -0.39 is 10.1 Å². The van der Waals surface area contributed by atoms with E-state index in [0.29, 0.717) is 17.8 Å². The monoisotopic (exact) mass is 414 g/mol. The zero-order valence-electron chi connectivity index (χ0n) is 16.3. The van der Waals surface area contributed by atoms with Gasteiger partial charge in [0.05, 0.1) is 17.7 Å². The minimum absolute atomic E-state index is 0.0666. The topological polar surface area (TPSA) is 79.7 Å². The first-order valence-electron chi connectivity index (χ1n) is 8.46. The minimum Gasteiger partial charge on any atom is -0.492 e. The summed E-state index contributed by atoms with van der Waals surface area (Å²) in [7, 11) is 0.117. The maximum Gasteiger partial charge on any atom is 0.294 e. The quantitative estimate of drug-likeness (QED) is 0.568. The third-order valence-corrected chi connectivity index (χ3v) is 5.26. The fourth-order valence-electron chi connectivity index (χ4n) is 1.93. The summed E-state index contributed by atoms with van der Waals surface area (Å²) in [6, 6.07) is 8.42. The van der Waals surface area contributed by atoms with Crippen LogP contribution < -0.4 is 4.74 Å². The lowest BCUT2D eigenvalue weighted by atomic mass is 10.2. The first-order chi connectivity index (χ1) is 12.5. The van der Waals surface area contributed by atoms with Gasteiger partial charge in [-0.2, -0.15) is 8.42 Å². The molecule has 150 valence electrons. The van der Waals surface area contributed by atoms with Gasteiger partial charge < -0.3 is 9.64 Å². The third kappa shape index (κ3) is 8.71. The normalized spacial score (nSPS) is 12.3. The molecule has 27 heavy (non-hydrogen) atoms. The maximum atomic E-state index is 10.5. The Kier molecular flexibility index (Phi) is 9.18. The van der Waals surface area contributed by atoms with Gasteiger partial charge in [0.25, 0.3) is 10.1 Å². The number of hydrogen-bond acceptors (Lipinski definition) is 5. The average Bonchev–Trinajstić information content (AvgIpc) is 2.58. The molecule has 8 heteroatoms. The number of aryl methyl sites for hydroxylation is 2. The van der Waals surface area contributed by atoms with E-state index >= 15 is 0 Å². The predicted molar refractivity (Wildman–Crippen MR) is 108 cm³/mol. The number of ether oxygens (including phenoxy) is 1. The molecule has 1 atom stereocenters. The van der Waals surface area contributed by atoms with Crippen LogP contribution in [0.25, 0.3) is 0 Å². The van der Waals surface area contributed by atoms with Crippen LogP contribution in [0.5, 0.6) is 5.75 Å².